The first-order valence-electron chi connectivity index (χ1n) is 4.97. The molecule has 1 aromatic heterocycles. The number of amides is 1. The van der Waals surface area contributed by atoms with Gasteiger partial charge in [-0.2, -0.15) is 5.10 Å². The number of carbonyl (C=O) groups excluding carboxylic acids is 1. The molecule has 0 bridgehead atoms. The van der Waals surface area contributed by atoms with E-state index in [9.17, 15) is 4.79 Å². The summed E-state index contributed by atoms with van der Waals surface area (Å²) in [6, 6.07) is -0.616. The Kier molecular flexibility index (Phi) is 2.54. The summed E-state index contributed by atoms with van der Waals surface area (Å²) >= 11 is 0. The molecule has 1 aliphatic heterocycles. The summed E-state index contributed by atoms with van der Waals surface area (Å²) in [6.07, 6.45) is 2.96. The van der Waals surface area contributed by atoms with Gasteiger partial charge in [-0.3, -0.25) is 9.48 Å². The van der Waals surface area contributed by atoms with Gasteiger partial charge in [-0.15, -0.1) is 0 Å². The fourth-order valence-electron chi connectivity index (χ4n) is 1.89. The van der Waals surface area contributed by atoms with Crippen LogP contribution in [0.1, 0.15) is 12.1 Å². The van der Waals surface area contributed by atoms with Crippen molar-refractivity contribution in [3.63, 3.8) is 0 Å². The quantitative estimate of drug-likeness (QED) is 0.401. The Labute approximate surface area is 92.3 Å². The number of carbonyl (C=O) groups is 1. The maximum absolute atomic E-state index is 11.9. The first-order chi connectivity index (χ1) is 7.63. The van der Waals surface area contributed by atoms with Gasteiger partial charge in [0.15, 0.2) is 0 Å². The Morgan fingerprint density at radius 3 is 3.06 bits per heavy atom. The van der Waals surface area contributed by atoms with Gasteiger partial charge >= 0.3 is 0 Å². The van der Waals surface area contributed by atoms with E-state index in [1.54, 1.807) is 17.9 Å². The molecule has 0 aromatic carbocycles. The maximum Gasteiger partial charge on any atom is 0.235 e. The minimum atomic E-state index is -0.616. The van der Waals surface area contributed by atoms with Gasteiger partial charge in [-0.25, -0.2) is 0 Å². The van der Waals surface area contributed by atoms with Crippen LogP contribution in [-0.2, 0) is 18.3 Å². The molecule has 0 spiro atoms. The summed E-state index contributed by atoms with van der Waals surface area (Å²) in [6.45, 7) is 0. The lowest BCUT2D eigenvalue weighted by Crippen LogP contribution is -2.33. The monoisotopic (exact) mass is 220 g/mol. The van der Waals surface area contributed by atoms with Crippen LogP contribution in [-0.4, -0.2) is 28.8 Å². The third kappa shape index (κ3) is 1.61. The number of azide groups is 1. The van der Waals surface area contributed by atoms with Gasteiger partial charge in [0.25, 0.3) is 0 Å². The molecule has 2 heterocycles. The van der Waals surface area contributed by atoms with E-state index >= 15 is 0 Å². The minimum absolute atomic E-state index is 0.176. The molecular weight excluding hydrogens is 208 g/mol. The number of hydrogen-bond donors (Lipinski definition) is 0. The standard InChI is InChI=1S/C9H12N6O/c1-14-5-8-6(12-14)3-4-7(11-13-10)9(16)15(8)2/h5,7H,3-4H2,1-2H3. The maximum atomic E-state index is 11.9. The third-order valence-corrected chi connectivity index (χ3v) is 2.71. The van der Waals surface area contributed by atoms with E-state index in [1.165, 1.54) is 4.90 Å². The predicted molar refractivity (Wildman–Crippen MR) is 57.9 cm³/mol. The van der Waals surface area contributed by atoms with E-state index in [-0.39, 0.29) is 5.91 Å². The van der Waals surface area contributed by atoms with Gasteiger partial charge in [0.1, 0.15) is 6.04 Å². The number of likely N-dealkylation sites (N-methyl/N-ethyl adjacent to an activating group) is 1. The molecule has 0 N–H and O–H groups in total. The molecule has 7 heteroatoms. The molecule has 0 radical (unpaired) electrons. The van der Waals surface area contributed by atoms with Crippen LogP contribution in [0.2, 0.25) is 0 Å². The summed E-state index contributed by atoms with van der Waals surface area (Å²) in [5.41, 5.74) is 10.1. The van der Waals surface area contributed by atoms with Gasteiger partial charge in [0, 0.05) is 25.2 Å². The molecule has 1 aliphatic rings. The second kappa shape index (κ2) is 3.86. The highest BCUT2D eigenvalue weighted by Gasteiger charge is 2.28. The Bertz CT molecular complexity index is 472. The van der Waals surface area contributed by atoms with Crippen LogP contribution in [0.15, 0.2) is 11.3 Å². The van der Waals surface area contributed by atoms with E-state index in [0.29, 0.717) is 12.8 Å². The lowest BCUT2D eigenvalue weighted by Gasteiger charge is -2.16. The van der Waals surface area contributed by atoms with Crippen LogP contribution in [0, 0.1) is 0 Å². The molecular formula is C9H12N6O. The van der Waals surface area contributed by atoms with Crippen molar-refractivity contribution in [2.45, 2.75) is 18.9 Å². The average Bonchev–Trinajstić information content (AvgIpc) is 2.59. The van der Waals surface area contributed by atoms with Crippen LogP contribution < -0.4 is 4.90 Å². The van der Waals surface area contributed by atoms with Gasteiger partial charge < -0.3 is 4.90 Å². The zero-order valence-electron chi connectivity index (χ0n) is 9.16. The van der Waals surface area contributed by atoms with Crippen molar-refractivity contribution in [3.05, 3.63) is 22.3 Å². The van der Waals surface area contributed by atoms with Gasteiger partial charge in [0.2, 0.25) is 5.91 Å². The van der Waals surface area contributed by atoms with Crippen LogP contribution >= 0.6 is 0 Å². The number of hydrogen-bond acceptors (Lipinski definition) is 3. The minimum Gasteiger partial charge on any atom is -0.312 e. The second-order valence-electron chi connectivity index (χ2n) is 3.79. The Hall–Kier alpha value is -2.01. The van der Waals surface area contributed by atoms with E-state index < -0.39 is 6.04 Å². The molecule has 1 amide bonds. The van der Waals surface area contributed by atoms with E-state index in [2.05, 4.69) is 15.1 Å². The third-order valence-electron chi connectivity index (χ3n) is 2.71. The van der Waals surface area contributed by atoms with Gasteiger partial charge in [0.05, 0.1) is 11.4 Å². The highest BCUT2D eigenvalue weighted by Crippen LogP contribution is 2.25. The molecule has 1 aromatic rings. The van der Waals surface area contributed by atoms with E-state index in [1.807, 2.05) is 7.05 Å². The first kappa shape index (κ1) is 10.5. The highest BCUT2D eigenvalue weighted by molar-refractivity contribution is 5.97. The highest BCUT2D eigenvalue weighted by atomic mass is 16.2. The van der Waals surface area contributed by atoms with Crippen LogP contribution in [0.25, 0.3) is 10.4 Å². The number of aromatic nitrogens is 2. The van der Waals surface area contributed by atoms with E-state index in [4.69, 9.17) is 5.53 Å². The Morgan fingerprint density at radius 1 is 1.62 bits per heavy atom. The fraction of sp³-hybridized carbons (Fsp3) is 0.556. The van der Waals surface area contributed by atoms with Crippen molar-refractivity contribution in [1.29, 1.82) is 0 Å². The fourth-order valence-corrected chi connectivity index (χ4v) is 1.89. The van der Waals surface area contributed by atoms with Crippen molar-refractivity contribution in [2.75, 3.05) is 11.9 Å². The number of fused-ring (bicyclic) bond motifs is 1. The predicted octanol–water partition coefficient (Wildman–Crippen LogP) is 1.01. The van der Waals surface area contributed by atoms with Crippen molar-refractivity contribution in [3.8, 4) is 0 Å². The van der Waals surface area contributed by atoms with Crippen LogP contribution in [0.4, 0.5) is 5.69 Å². The Balaban J connectivity index is 2.38. The summed E-state index contributed by atoms with van der Waals surface area (Å²) in [7, 11) is 3.49. The average molecular weight is 220 g/mol. The summed E-state index contributed by atoms with van der Waals surface area (Å²) < 4.78 is 1.68. The van der Waals surface area contributed by atoms with Crippen molar-refractivity contribution >= 4 is 11.6 Å². The van der Waals surface area contributed by atoms with Gasteiger partial charge in [-0.1, -0.05) is 5.11 Å². The summed E-state index contributed by atoms with van der Waals surface area (Å²) in [4.78, 5) is 16.1. The SMILES string of the molecule is CN1C(=O)C(N=[N+]=[N-])CCc2nn(C)cc21. The van der Waals surface area contributed by atoms with Gasteiger partial charge in [-0.05, 0) is 18.4 Å². The molecule has 2 rings (SSSR count). The molecule has 7 nitrogen and oxygen atoms in total. The first-order valence-corrected chi connectivity index (χ1v) is 4.97. The molecule has 84 valence electrons. The topological polar surface area (TPSA) is 86.9 Å². The smallest absolute Gasteiger partial charge is 0.235 e. The number of nitrogens with zero attached hydrogens (tertiary/aromatic N) is 6. The van der Waals surface area contributed by atoms with Crippen LogP contribution in [0.3, 0.4) is 0 Å². The number of rotatable bonds is 1. The molecule has 16 heavy (non-hydrogen) atoms. The lowest BCUT2D eigenvalue weighted by molar-refractivity contribution is -0.119. The molecule has 0 fully saturated rings. The number of anilines is 1. The molecule has 0 saturated heterocycles. The van der Waals surface area contributed by atoms with Crippen molar-refractivity contribution in [1.82, 2.24) is 9.78 Å². The second-order valence-corrected chi connectivity index (χ2v) is 3.79. The summed E-state index contributed by atoms with van der Waals surface area (Å²) in [5.74, 6) is -0.176. The molecule has 1 atom stereocenters. The summed E-state index contributed by atoms with van der Waals surface area (Å²) in [5, 5.41) is 7.79. The largest absolute Gasteiger partial charge is 0.312 e. The lowest BCUT2D eigenvalue weighted by atomic mass is 10.1. The Morgan fingerprint density at radius 2 is 2.38 bits per heavy atom. The van der Waals surface area contributed by atoms with Crippen molar-refractivity contribution in [2.24, 2.45) is 12.2 Å². The zero-order chi connectivity index (χ0) is 11.7. The van der Waals surface area contributed by atoms with Crippen LogP contribution in [0.5, 0.6) is 0 Å². The molecule has 0 saturated carbocycles. The molecule has 0 aliphatic carbocycles. The van der Waals surface area contributed by atoms with E-state index in [0.717, 1.165) is 11.4 Å². The molecule has 1 unspecified atom stereocenters. The van der Waals surface area contributed by atoms with Crippen molar-refractivity contribution < 1.29 is 4.79 Å². The normalized spacial score (nSPS) is 20.0. The zero-order valence-corrected chi connectivity index (χ0v) is 9.16. The number of aryl methyl sites for hydroxylation is 2.